The Kier molecular flexibility index (Phi) is 3.32. The molecule has 0 aliphatic rings. The van der Waals surface area contributed by atoms with Gasteiger partial charge in [0, 0.05) is 9.90 Å². The van der Waals surface area contributed by atoms with Crippen molar-refractivity contribution in [2.45, 2.75) is 13.8 Å². The highest BCUT2D eigenvalue weighted by Crippen LogP contribution is 2.38. The zero-order valence-electron chi connectivity index (χ0n) is 9.95. The summed E-state index contributed by atoms with van der Waals surface area (Å²) in [6.07, 6.45) is 0. The van der Waals surface area contributed by atoms with Crippen LogP contribution in [0.3, 0.4) is 0 Å². The Morgan fingerprint density at radius 2 is 2.06 bits per heavy atom. The molecule has 1 heterocycles. The molecule has 0 bridgehead atoms. The molecular weight excluding hydrogens is 270 g/mol. The molecule has 0 unspecified atom stereocenters. The highest BCUT2D eigenvalue weighted by molar-refractivity contribution is 7.18. The predicted molar refractivity (Wildman–Crippen MR) is 75.6 cm³/mol. The lowest BCUT2D eigenvalue weighted by molar-refractivity contribution is 0.0703. The van der Waals surface area contributed by atoms with Crippen LogP contribution in [-0.4, -0.2) is 11.1 Å². The van der Waals surface area contributed by atoms with Crippen molar-refractivity contribution >= 4 is 34.6 Å². The molecule has 94 valence electrons. The van der Waals surface area contributed by atoms with Gasteiger partial charge < -0.3 is 10.8 Å². The maximum atomic E-state index is 11.0. The molecular formula is C13H12ClNO2S. The number of rotatable bonds is 2. The van der Waals surface area contributed by atoms with Crippen molar-refractivity contribution in [1.82, 2.24) is 0 Å². The Bertz CT molecular complexity index is 634. The van der Waals surface area contributed by atoms with Crippen LogP contribution in [0.5, 0.6) is 0 Å². The molecule has 0 spiro atoms. The van der Waals surface area contributed by atoms with Gasteiger partial charge in [-0.15, -0.1) is 11.3 Å². The minimum Gasteiger partial charge on any atom is -0.477 e. The van der Waals surface area contributed by atoms with E-state index >= 15 is 0 Å². The average Bonchev–Trinajstić information content (AvgIpc) is 2.60. The van der Waals surface area contributed by atoms with E-state index in [4.69, 9.17) is 22.4 Å². The Hall–Kier alpha value is -1.52. The quantitative estimate of drug-likeness (QED) is 0.875. The van der Waals surface area contributed by atoms with Crippen molar-refractivity contribution in [2.75, 3.05) is 5.73 Å². The maximum Gasteiger partial charge on any atom is 0.348 e. The van der Waals surface area contributed by atoms with Gasteiger partial charge in [-0.05, 0) is 42.7 Å². The second-order valence-electron chi connectivity index (χ2n) is 4.07. The second kappa shape index (κ2) is 4.63. The SMILES string of the molecule is Cc1cc(-c2sc(C(=O)O)c(N)c2C)ccc1Cl. The summed E-state index contributed by atoms with van der Waals surface area (Å²) in [5.41, 5.74) is 8.86. The number of hydrogen-bond donors (Lipinski definition) is 2. The topological polar surface area (TPSA) is 63.3 Å². The molecule has 5 heteroatoms. The minimum atomic E-state index is -0.988. The molecule has 2 rings (SSSR count). The number of thiophene rings is 1. The predicted octanol–water partition coefficient (Wildman–Crippen LogP) is 3.97. The third-order valence-electron chi connectivity index (χ3n) is 2.81. The monoisotopic (exact) mass is 281 g/mol. The smallest absolute Gasteiger partial charge is 0.348 e. The Labute approximate surface area is 114 Å². The summed E-state index contributed by atoms with van der Waals surface area (Å²) in [4.78, 5) is 12.1. The summed E-state index contributed by atoms with van der Waals surface area (Å²) in [5, 5.41) is 9.75. The van der Waals surface area contributed by atoms with E-state index in [1.54, 1.807) is 0 Å². The van der Waals surface area contributed by atoms with Crippen molar-refractivity contribution in [3.8, 4) is 10.4 Å². The van der Waals surface area contributed by atoms with Crippen LogP contribution in [0.15, 0.2) is 18.2 Å². The molecule has 0 aliphatic heterocycles. The summed E-state index contributed by atoms with van der Waals surface area (Å²) in [5.74, 6) is -0.988. The van der Waals surface area contributed by atoms with Crippen LogP contribution in [0.25, 0.3) is 10.4 Å². The molecule has 1 aromatic heterocycles. The average molecular weight is 282 g/mol. The van der Waals surface area contributed by atoms with Gasteiger partial charge in [0.05, 0.1) is 5.69 Å². The van der Waals surface area contributed by atoms with E-state index in [2.05, 4.69) is 0 Å². The number of carbonyl (C=O) groups is 1. The molecule has 0 fully saturated rings. The molecule has 0 amide bonds. The van der Waals surface area contributed by atoms with E-state index < -0.39 is 5.97 Å². The largest absolute Gasteiger partial charge is 0.477 e. The Balaban J connectivity index is 2.61. The summed E-state index contributed by atoms with van der Waals surface area (Å²) in [6, 6.07) is 5.62. The number of nitrogens with two attached hydrogens (primary N) is 1. The van der Waals surface area contributed by atoms with E-state index in [1.165, 1.54) is 11.3 Å². The summed E-state index contributed by atoms with van der Waals surface area (Å²) in [7, 11) is 0. The van der Waals surface area contributed by atoms with Crippen molar-refractivity contribution in [3.05, 3.63) is 39.2 Å². The van der Waals surface area contributed by atoms with E-state index in [-0.39, 0.29) is 4.88 Å². The lowest BCUT2D eigenvalue weighted by Crippen LogP contribution is -1.97. The highest BCUT2D eigenvalue weighted by atomic mass is 35.5. The second-order valence-corrected chi connectivity index (χ2v) is 5.50. The van der Waals surface area contributed by atoms with Gasteiger partial charge >= 0.3 is 5.97 Å². The van der Waals surface area contributed by atoms with Gasteiger partial charge in [-0.1, -0.05) is 17.7 Å². The molecule has 0 radical (unpaired) electrons. The first-order valence-electron chi connectivity index (χ1n) is 5.30. The normalized spacial score (nSPS) is 10.6. The number of carboxylic acids is 1. The molecule has 3 N–H and O–H groups in total. The fourth-order valence-corrected chi connectivity index (χ4v) is 2.93. The van der Waals surface area contributed by atoms with Crippen molar-refractivity contribution in [3.63, 3.8) is 0 Å². The number of halogens is 1. The van der Waals surface area contributed by atoms with Crippen molar-refractivity contribution in [2.24, 2.45) is 0 Å². The fraction of sp³-hybridized carbons (Fsp3) is 0.154. The van der Waals surface area contributed by atoms with Gasteiger partial charge in [0.25, 0.3) is 0 Å². The van der Waals surface area contributed by atoms with Crippen LogP contribution in [-0.2, 0) is 0 Å². The number of anilines is 1. The molecule has 0 saturated heterocycles. The van der Waals surface area contributed by atoms with Gasteiger partial charge in [-0.25, -0.2) is 4.79 Å². The van der Waals surface area contributed by atoms with Crippen molar-refractivity contribution < 1.29 is 9.90 Å². The highest BCUT2D eigenvalue weighted by Gasteiger charge is 2.18. The van der Waals surface area contributed by atoms with Crippen LogP contribution in [0.1, 0.15) is 20.8 Å². The van der Waals surface area contributed by atoms with Crippen molar-refractivity contribution in [1.29, 1.82) is 0 Å². The lowest BCUT2D eigenvalue weighted by Gasteiger charge is -2.03. The van der Waals surface area contributed by atoms with E-state index in [0.29, 0.717) is 10.7 Å². The van der Waals surface area contributed by atoms with Gasteiger partial charge in [-0.3, -0.25) is 0 Å². The Morgan fingerprint density at radius 3 is 2.56 bits per heavy atom. The number of aryl methyl sites for hydroxylation is 1. The molecule has 0 aliphatic carbocycles. The van der Waals surface area contributed by atoms with Crippen LogP contribution in [0.2, 0.25) is 5.02 Å². The van der Waals surface area contributed by atoms with Crippen LogP contribution < -0.4 is 5.73 Å². The molecule has 0 saturated carbocycles. The van der Waals surface area contributed by atoms with Gasteiger partial charge in [0.2, 0.25) is 0 Å². The number of benzene rings is 1. The van der Waals surface area contributed by atoms with E-state index in [0.717, 1.165) is 21.6 Å². The van der Waals surface area contributed by atoms with Crippen LogP contribution in [0, 0.1) is 13.8 Å². The molecule has 0 atom stereocenters. The number of aromatic carboxylic acids is 1. The zero-order chi connectivity index (χ0) is 13.4. The number of hydrogen-bond acceptors (Lipinski definition) is 3. The van der Waals surface area contributed by atoms with Gasteiger partial charge in [0.15, 0.2) is 0 Å². The third kappa shape index (κ3) is 2.09. The number of nitrogen functional groups attached to an aromatic ring is 1. The fourth-order valence-electron chi connectivity index (χ4n) is 1.75. The summed E-state index contributed by atoms with van der Waals surface area (Å²) < 4.78 is 0. The number of carboxylic acid groups (broad SMARTS) is 1. The maximum absolute atomic E-state index is 11.0. The Morgan fingerprint density at radius 1 is 1.39 bits per heavy atom. The van der Waals surface area contributed by atoms with Gasteiger partial charge in [-0.2, -0.15) is 0 Å². The van der Waals surface area contributed by atoms with Crippen LogP contribution in [0.4, 0.5) is 5.69 Å². The molecule has 18 heavy (non-hydrogen) atoms. The first-order chi connectivity index (χ1) is 8.41. The lowest BCUT2D eigenvalue weighted by atomic mass is 10.1. The molecule has 2 aromatic rings. The molecule has 1 aromatic carbocycles. The minimum absolute atomic E-state index is 0.190. The first kappa shape index (κ1) is 12.9. The molecule has 3 nitrogen and oxygen atoms in total. The standard InChI is InChI=1S/C13H12ClNO2S/c1-6-5-8(3-4-9(6)14)11-7(2)10(15)12(18-11)13(16)17/h3-5H,15H2,1-2H3,(H,16,17). The van der Waals surface area contributed by atoms with Crippen LogP contribution >= 0.6 is 22.9 Å². The zero-order valence-corrected chi connectivity index (χ0v) is 11.5. The van der Waals surface area contributed by atoms with E-state index in [1.807, 2.05) is 32.0 Å². The first-order valence-corrected chi connectivity index (χ1v) is 6.50. The van der Waals surface area contributed by atoms with Gasteiger partial charge in [0.1, 0.15) is 4.88 Å². The third-order valence-corrected chi connectivity index (χ3v) is 4.58. The summed E-state index contributed by atoms with van der Waals surface area (Å²) >= 11 is 7.17. The summed E-state index contributed by atoms with van der Waals surface area (Å²) in [6.45, 7) is 3.74. The van der Waals surface area contributed by atoms with E-state index in [9.17, 15) is 4.79 Å².